The number of benzene rings is 4. The summed E-state index contributed by atoms with van der Waals surface area (Å²) in [6, 6.07) is 30.2. The Morgan fingerprint density at radius 3 is 2.11 bits per heavy atom. The summed E-state index contributed by atoms with van der Waals surface area (Å²) in [5.74, 6) is -0.321. The number of aryl methyl sites for hydroxylation is 2. The van der Waals surface area contributed by atoms with Crippen LogP contribution in [0, 0.1) is 0 Å². The molecule has 0 saturated heterocycles. The lowest BCUT2D eigenvalue weighted by molar-refractivity contribution is 0.0697. The molecule has 0 aliphatic heterocycles. The largest absolute Gasteiger partial charge is 0.489 e. The number of ether oxygens (including phenoxy) is 1. The van der Waals surface area contributed by atoms with Gasteiger partial charge in [-0.15, -0.1) is 0 Å². The van der Waals surface area contributed by atoms with E-state index in [0.29, 0.717) is 18.0 Å². The van der Waals surface area contributed by atoms with Crippen molar-refractivity contribution in [1.82, 2.24) is 0 Å². The Balaban J connectivity index is 1.49. The molecule has 0 aromatic heterocycles. The molecule has 4 rings (SSSR count). The van der Waals surface area contributed by atoms with E-state index in [1.807, 2.05) is 48.5 Å². The van der Waals surface area contributed by atoms with E-state index in [4.69, 9.17) is 9.84 Å². The van der Waals surface area contributed by atoms with Gasteiger partial charge < -0.3 is 9.84 Å². The van der Waals surface area contributed by atoms with E-state index in [-0.39, 0.29) is 10.5 Å². The fourth-order valence-corrected chi connectivity index (χ4v) is 4.88. The molecule has 6 nitrogen and oxygen atoms in total. The summed E-state index contributed by atoms with van der Waals surface area (Å²) in [5, 5.41) is 9.06. The van der Waals surface area contributed by atoms with Crippen molar-refractivity contribution in [3.8, 4) is 5.75 Å². The standard InChI is InChI=1S/C29H27NO5S/c31-29(32)25-16-14-22(15-17-25)10-7-11-24-18-19-26(30-36(33,34)27-12-5-2-6-13-27)20-28(24)35-21-23-8-3-1-4-9-23/h1-6,8-9,12-20,30H,7,10-11,21H2,(H,31,32). The van der Waals surface area contributed by atoms with Crippen LogP contribution in [0.5, 0.6) is 5.75 Å². The zero-order chi connectivity index (χ0) is 25.4. The van der Waals surface area contributed by atoms with Gasteiger partial charge in [-0.2, -0.15) is 0 Å². The lowest BCUT2D eigenvalue weighted by Crippen LogP contribution is -2.13. The Bertz CT molecular complexity index is 1400. The normalized spacial score (nSPS) is 11.1. The average Bonchev–Trinajstić information content (AvgIpc) is 2.89. The van der Waals surface area contributed by atoms with Gasteiger partial charge in [0.1, 0.15) is 12.4 Å². The fraction of sp³-hybridized carbons (Fsp3) is 0.138. The number of hydrogen-bond acceptors (Lipinski definition) is 4. The molecule has 184 valence electrons. The molecule has 4 aromatic carbocycles. The average molecular weight is 502 g/mol. The first-order valence-electron chi connectivity index (χ1n) is 11.6. The molecule has 0 heterocycles. The van der Waals surface area contributed by atoms with Gasteiger partial charge in [0.15, 0.2) is 0 Å². The van der Waals surface area contributed by atoms with Crippen LogP contribution in [0.3, 0.4) is 0 Å². The minimum atomic E-state index is -3.72. The maximum atomic E-state index is 12.8. The van der Waals surface area contributed by atoms with Crippen molar-refractivity contribution in [2.45, 2.75) is 30.8 Å². The first kappa shape index (κ1) is 25.0. The van der Waals surface area contributed by atoms with Gasteiger partial charge in [-0.3, -0.25) is 4.72 Å². The second-order valence-corrected chi connectivity index (χ2v) is 10.1. The summed E-state index contributed by atoms with van der Waals surface area (Å²) in [6.45, 7) is 0.360. The Morgan fingerprint density at radius 1 is 0.778 bits per heavy atom. The lowest BCUT2D eigenvalue weighted by atomic mass is 10.0. The summed E-state index contributed by atoms with van der Waals surface area (Å²) < 4.78 is 34.3. The summed E-state index contributed by atoms with van der Waals surface area (Å²) in [5.41, 5.74) is 3.73. The van der Waals surface area contributed by atoms with Crippen LogP contribution in [0.15, 0.2) is 108 Å². The van der Waals surface area contributed by atoms with Crippen molar-refractivity contribution >= 4 is 21.7 Å². The van der Waals surface area contributed by atoms with E-state index >= 15 is 0 Å². The molecule has 0 radical (unpaired) electrons. The quantitative estimate of drug-likeness (QED) is 0.265. The van der Waals surface area contributed by atoms with Gasteiger partial charge in [-0.25, -0.2) is 13.2 Å². The highest BCUT2D eigenvalue weighted by Gasteiger charge is 2.15. The second-order valence-electron chi connectivity index (χ2n) is 8.37. The van der Waals surface area contributed by atoms with Gasteiger partial charge in [0.25, 0.3) is 10.0 Å². The van der Waals surface area contributed by atoms with Gasteiger partial charge >= 0.3 is 5.97 Å². The molecule has 0 spiro atoms. The number of carbonyl (C=O) groups is 1. The third-order valence-corrected chi connectivity index (χ3v) is 7.12. The van der Waals surface area contributed by atoms with E-state index < -0.39 is 16.0 Å². The highest BCUT2D eigenvalue weighted by Crippen LogP contribution is 2.28. The molecule has 0 unspecified atom stereocenters. The molecule has 0 aliphatic carbocycles. The predicted molar refractivity (Wildman–Crippen MR) is 140 cm³/mol. The number of aromatic carboxylic acids is 1. The molecule has 0 fully saturated rings. The Morgan fingerprint density at radius 2 is 1.44 bits per heavy atom. The molecular weight excluding hydrogens is 474 g/mol. The van der Waals surface area contributed by atoms with E-state index in [9.17, 15) is 13.2 Å². The van der Waals surface area contributed by atoms with E-state index in [0.717, 1.165) is 36.0 Å². The van der Waals surface area contributed by atoms with Gasteiger partial charge in [-0.05, 0) is 66.3 Å². The number of nitrogens with one attached hydrogen (secondary N) is 1. The van der Waals surface area contributed by atoms with Gasteiger partial charge in [0.2, 0.25) is 0 Å². The molecule has 0 aliphatic rings. The number of rotatable bonds is 11. The van der Waals surface area contributed by atoms with Gasteiger partial charge in [-0.1, -0.05) is 66.7 Å². The summed E-state index contributed by atoms with van der Waals surface area (Å²) in [6.07, 6.45) is 2.32. The van der Waals surface area contributed by atoms with Crippen molar-refractivity contribution in [2.75, 3.05) is 4.72 Å². The van der Waals surface area contributed by atoms with Crippen molar-refractivity contribution in [2.24, 2.45) is 0 Å². The molecule has 0 saturated carbocycles. The van der Waals surface area contributed by atoms with Crippen LogP contribution in [0.1, 0.15) is 33.5 Å². The van der Waals surface area contributed by atoms with E-state index in [1.54, 1.807) is 54.6 Å². The number of carboxylic acid groups (broad SMARTS) is 1. The molecule has 0 atom stereocenters. The predicted octanol–water partition coefficient (Wildman–Crippen LogP) is 5.94. The van der Waals surface area contributed by atoms with Crippen LogP contribution >= 0.6 is 0 Å². The monoisotopic (exact) mass is 501 g/mol. The number of carboxylic acids is 1. The lowest BCUT2D eigenvalue weighted by Gasteiger charge is -2.15. The summed E-state index contributed by atoms with van der Waals surface area (Å²) >= 11 is 0. The molecule has 36 heavy (non-hydrogen) atoms. The third kappa shape index (κ3) is 6.73. The third-order valence-electron chi connectivity index (χ3n) is 5.72. The Labute approximate surface area is 211 Å². The zero-order valence-corrected chi connectivity index (χ0v) is 20.4. The Hall–Kier alpha value is -4.10. The molecular formula is C29H27NO5S. The van der Waals surface area contributed by atoms with Crippen LogP contribution < -0.4 is 9.46 Å². The van der Waals surface area contributed by atoms with Crippen molar-refractivity contribution in [3.63, 3.8) is 0 Å². The number of anilines is 1. The minimum absolute atomic E-state index is 0.190. The molecule has 0 bridgehead atoms. The van der Waals surface area contributed by atoms with Crippen molar-refractivity contribution in [3.05, 3.63) is 125 Å². The molecule has 0 amide bonds. The van der Waals surface area contributed by atoms with Crippen molar-refractivity contribution < 1.29 is 23.1 Å². The van der Waals surface area contributed by atoms with Gasteiger partial charge in [0, 0.05) is 6.07 Å². The maximum absolute atomic E-state index is 12.8. The highest BCUT2D eigenvalue weighted by molar-refractivity contribution is 7.92. The van der Waals surface area contributed by atoms with Crippen LogP contribution in [0.4, 0.5) is 5.69 Å². The first-order valence-corrected chi connectivity index (χ1v) is 13.1. The van der Waals surface area contributed by atoms with Gasteiger partial charge in [0.05, 0.1) is 16.1 Å². The first-order chi connectivity index (χ1) is 17.4. The topological polar surface area (TPSA) is 92.7 Å². The van der Waals surface area contributed by atoms with Crippen molar-refractivity contribution in [1.29, 1.82) is 0 Å². The SMILES string of the molecule is O=C(O)c1ccc(CCCc2ccc(NS(=O)(=O)c3ccccc3)cc2OCc2ccccc2)cc1. The second kappa shape index (κ2) is 11.6. The number of hydrogen-bond donors (Lipinski definition) is 2. The minimum Gasteiger partial charge on any atom is -0.489 e. The Kier molecular flexibility index (Phi) is 8.02. The highest BCUT2D eigenvalue weighted by atomic mass is 32.2. The van der Waals surface area contributed by atoms with Crippen LogP contribution in [0.2, 0.25) is 0 Å². The molecule has 4 aromatic rings. The molecule has 7 heteroatoms. The van der Waals surface area contributed by atoms with Crippen LogP contribution in [-0.4, -0.2) is 19.5 Å². The van der Waals surface area contributed by atoms with Crippen LogP contribution in [-0.2, 0) is 29.5 Å². The zero-order valence-electron chi connectivity index (χ0n) is 19.6. The summed E-state index contributed by atoms with van der Waals surface area (Å²) in [7, 11) is -3.72. The maximum Gasteiger partial charge on any atom is 0.335 e. The fourth-order valence-electron chi connectivity index (χ4n) is 3.80. The summed E-state index contributed by atoms with van der Waals surface area (Å²) in [4.78, 5) is 11.2. The van der Waals surface area contributed by atoms with Crippen LogP contribution in [0.25, 0.3) is 0 Å². The van der Waals surface area contributed by atoms with E-state index in [1.165, 1.54) is 0 Å². The number of sulfonamides is 1. The smallest absolute Gasteiger partial charge is 0.335 e. The van der Waals surface area contributed by atoms with E-state index in [2.05, 4.69) is 4.72 Å². The molecule has 2 N–H and O–H groups in total.